The Morgan fingerprint density at radius 1 is 1.00 bits per heavy atom. The van der Waals surface area contributed by atoms with Gasteiger partial charge in [0.25, 0.3) is 5.91 Å². The Labute approximate surface area is 256 Å². The van der Waals surface area contributed by atoms with Gasteiger partial charge in [-0.25, -0.2) is 4.79 Å². The van der Waals surface area contributed by atoms with Gasteiger partial charge in [-0.1, -0.05) is 34.1 Å². The maximum atomic E-state index is 13.8. The van der Waals surface area contributed by atoms with E-state index in [1.807, 2.05) is 24.3 Å². The quantitative estimate of drug-likeness (QED) is 0.429. The predicted molar refractivity (Wildman–Crippen MR) is 165 cm³/mol. The Bertz CT molecular complexity index is 1320. The molecular weight excluding hydrogens is 600 g/mol. The van der Waals surface area contributed by atoms with Gasteiger partial charge in [0.2, 0.25) is 5.91 Å². The molecule has 1 aliphatic carbocycles. The maximum absolute atomic E-state index is 13.8. The van der Waals surface area contributed by atoms with Crippen molar-refractivity contribution in [2.75, 3.05) is 44.2 Å². The summed E-state index contributed by atoms with van der Waals surface area (Å²) in [5, 5.41) is 9.20. The normalized spacial score (nSPS) is 19.4. The monoisotopic (exact) mass is 640 g/mol. The van der Waals surface area contributed by atoms with E-state index in [2.05, 4.69) is 50.9 Å². The summed E-state index contributed by atoms with van der Waals surface area (Å²) in [6.07, 6.45) is 2.99. The number of rotatable bonds is 8. The van der Waals surface area contributed by atoms with Crippen LogP contribution in [0.5, 0.6) is 5.75 Å². The summed E-state index contributed by atoms with van der Waals surface area (Å²) in [5.41, 5.74) is 2.20. The molecule has 2 aromatic rings. The first-order valence-electron chi connectivity index (χ1n) is 14.9. The van der Waals surface area contributed by atoms with Crippen LogP contribution in [0, 0.1) is 12.8 Å². The van der Waals surface area contributed by atoms with Gasteiger partial charge in [0.15, 0.2) is 5.60 Å². The number of piperazine rings is 1. The number of anilines is 1. The number of nitrogens with zero attached hydrogens (tertiary/aromatic N) is 4. The second-order valence-corrected chi connectivity index (χ2v) is 13.1. The summed E-state index contributed by atoms with van der Waals surface area (Å²) >= 11 is 3.58. The van der Waals surface area contributed by atoms with Gasteiger partial charge in [-0.3, -0.25) is 9.59 Å². The van der Waals surface area contributed by atoms with Crippen LogP contribution in [0.2, 0.25) is 0 Å². The van der Waals surface area contributed by atoms with E-state index >= 15 is 0 Å². The summed E-state index contributed by atoms with van der Waals surface area (Å²) < 4.78 is 7.31. The zero-order valence-electron chi connectivity index (χ0n) is 24.7. The summed E-state index contributed by atoms with van der Waals surface area (Å²) in [5.74, 6) is 0.601. The minimum Gasteiger partial charge on any atom is -0.478 e. The molecule has 2 aliphatic heterocycles. The highest BCUT2D eigenvalue weighted by atomic mass is 79.9. The summed E-state index contributed by atoms with van der Waals surface area (Å²) in [7, 11) is 0. The smallest absolute Gasteiger partial charge is 0.407 e. The highest BCUT2D eigenvalue weighted by Crippen LogP contribution is 2.34. The van der Waals surface area contributed by atoms with Crippen molar-refractivity contribution in [3.8, 4) is 5.75 Å². The van der Waals surface area contributed by atoms with Gasteiger partial charge in [-0.2, -0.15) is 0 Å². The number of piperidine rings is 1. The second-order valence-electron chi connectivity index (χ2n) is 12.2. The highest BCUT2D eigenvalue weighted by Gasteiger charge is 2.38. The number of carbonyl (C=O) groups excluding carboxylic acids is 2. The highest BCUT2D eigenvalue weighted by molar-refractivity contribution is 9.10. The molecule has 2 saturated heterocycles. The predicted octanol–water partition coefficient (Wildman–Crippen LogP) is 5.14. The Kier molecular flexibility index (Phi) is 9.01. The third-order valence-electron chi connectivity index (χ3n) is 8.52. The number of hydrogen-bond acceptors (Lipinski definition) is 5. The van der Waals surface area contributed by atoms with Crippen molar-refractivity contribution < 1.29 is 24.2 Å². The molecule has 1 saturated carbocycles. The average molecular weight is 642 g/mol. The SMILES string of the molecule is Cc1cc(CN(C(=O)[C@@H]2CCCN(c3cccc(OC(C)(C)C(=O)N4CCN(C(=O)O)CC4)c3)C2)C2CC2)ccc1Br. The molecule has 0 aromatic heterocycles. The van der Waals surface area contributed by atoms with Crippen molar-refractivity contribution in [3.05, 3.63) is 58.1 Å². The zero-order valence-corrected chi connectivity index (χ0v) is 26.3. The summed E-state index contributed by atoms with van der Waals surface area (Å²) in [6, 6.07) is 14.4. The van der Waals surface area contributed by atoms with E-state index in [4.69, 9.17) is 4.74 Å². The fourth-order valence-corrected chi connectivity index (χ4v) is 6.23. The van der Waals surface area contributed by atoms with E-state index in [0.29, 0.717) is 51.1 Å². The average Bonchev–Trinajstić information content (AvgIpc) is 3.82. The molecule has 42 heavy (non-hydrogen) atoms. The first-order valence-corrected chi connectivity index (χ1v) is 15.7. The van der Waals surface area contributed by atoms with Crippen LogP contribution < -0.4 is 9.64 Å². The van der Waals surface area contributed by atoms with Crippen LogP contribution in [-0.2, 0) is 16.1 Å². The molecular formula is C32H41BrN4O5. The lowest BCUT2D eigenvalue weighted by Gasteiger charge is -2.38. The molecule has 1 N–H and O–H groups in total. The topological polar surface area (TPSA) is 93.6 Å². The molecule has 226 valence electrons. The molecule has 0 unspecified atom stereocenters. The maximum Gasteiger partial charge on any atom is 0.407 e. The summed E-state index contributed by atoms with van der Waals surface area (Å²) in [6.45, 7) is 9.02. The van der Waals surface area contributed by atoms with E-state index < -0.39 is 11.7 Å². The molecule has 3 amide bonds. The van der Waals surface area contributed by atoms with Gasteiger partial charge >= 0.3 is 6.09 Å². The molecule has 3 fully saturated rings. The van der Waals surface area contributed by atoms with Crippen LogP contribution >= 0.6 is 15.9 Å². The Morgan fingerprint density at radius 3 is 2.38 bits per heavy atom. The molecule has 1 atom stereocenters. The Balaban J connectivity index is 1.22. The second kappa shape index (κ2) is 12.5. The molecule has 0 bridgehead atoms. The summed E-state index contributed by atoms with van der Waals surface area (Å²) in [4.78, 5) is 45.7. The third-order valence-corrected chi connectivity index (χ3v) is 9.41. The van der Waals surface area contributed by atoms with Crippen molar-refractivity contribution in [1.82, 2.24) is 14.7 Å². The van der Waals surface area contributed by atoms with E-state index in [9.17, 15) is 19.5 Å². The van der Waals surface area contributed by atoms with Crippen LogP contribution in [0.25, 0.3) is 0 Å². The number of carboxylic acid groups (broad SMARTS) is 1. The van der Waals surface area contributed by atoms with Gasteiger partial charge in [0.05, 0.1) is 5.92 Å². The molecule has 10 heteroatoms. The lowest BCUT2D eigenvalue weighted by Crippen LogP contribution is -2.56. The van der Waals surface area contributed by atoms with Crippen LogP contribution in [0.15, 0.2) is 46.9 Å². The van der Waals surface area contributed by atoms with Crippen molar-refractivity contribution in [2.45, 2.75) is 64.6 Å². The van der Waals surface area contributed by atoms with E-state index in [0.717, 1.165) is 48.0 Å². The molecule has 5 rings (SSSR count). The first kappa shape index (κ1) is 30.2. The van der Waals surface area contributed by atoms with Gasteiger partial charge < -0.3 is 29.4 Å². The molecule has 3 aliphatic rings. The van der Waals surface area contributed by atoms with E-state index in [-0.39, 0.29) is 17.7 Å². The number of halogens is 1. The number of hydrogen-bond donors (Lipinski definition) is 1. The molecule has 0 radical (unpaired) electrons. The van der Waals surface area contributed by atoms with Crippen molar-refractivity contribution in [1.29, 1.82) is 0 Å². The van der Waals surface area contributed by atoms with Crippen molar-refractivity contribution >= 4 is 39.5 Å². The van der Waals surface area contributed by atoms with E-state index in [1.54, 1.807) is 18.7 Å². The minimum absolute atomic E-state index is 0.0667. The number of benzene rings is 2. The number of aryl methyl sites for hydroxylation is 1. The lowest BCUT2D eigenvalue weighted by atomic mass is 9.95. The van der Waals surface area contributed by atoms with Gasteiger partial charge in [0, 0.05) is 68.1 Å². The molecule has 2 heterocycles. The number of ether oxygens (including phenoxy) is 1. The minimum atomic E-state index is -1.11. The molecule has 9 nitrogen and oxygen atoms in total. The van der Waals surface area contributed by atoms with Gasteiger partial charge in [-0.15, -0.1) is 0 Å². The third kappa shape index (κ3) is 7.02. The van der Waals surface area contributed by atoms with Crippen molar-refractivity contribution in [3.63, 3.8) is 0 Å². The fourth-order valence-electron chi connectivity index (χ4n) is 5.99. The van der Waals surface area contributed by atoms with Crippen LogP contribution in [0.1, 0.15) is 50.7 Å². The molecule has 0 spiro atoms. The van der Waals surface area contributed by atoms with Crippen LogP contribution in [-0.4, -0.2) is 88.6 Å². The lowest BCUT2D eigenvalue weighted by molar-refractivity contribution is -0.147. The van der Waals surface area contributed by atoms with Gasteiger partial charge in [-0.05, 0) is 75.8 Å². The Morgan fingerprint density at radius 2 is 1.71 bits per heavy atom. The van der Waals surface area contributed by atoms with E-state index in [1.165, 1.54) is 10.5 Å². The van der Waals surface area contributed by atoms with Crippen LogP contribution in [0.4, 0.5) is 10.5 Å². The van der Waals surface area contributed by atoms with Gasteiger partial charge in [0.1, 0.15) is 5.75 Å². The molecule has 2 aromatic carbocycles. The van der Waals surface area contributed by atoms with Crippen molar-refractivity contribution in [2.24, 2.45) is 5.92 Å². The fraction of sp³-hybridized carbons (Fsp3) is 0.531. The zero-order chi connectivity index (χ0) is 30.0. The first-order chi connectivity index (χ1) is 20.0. The largest absolute Gasteiger partial charge is 0.478 e. The Hall–Kier alpha value is -3.27. The number of amides is 3. The van der Waals surface area contributed by atoms with Crippen LogP contribution in [0.3, 0.4) is 0 Å². The standard InChI is InChI=1S/C32H41BrN4O5/c1-22-18-23(9-12-28(22)33)20-37(25-10-11-25)29(38)24-6-5-13-36(21-24)26-7-4-8-27(19-26)42-32(2,3)30(39)34-14-16-35(17-15-34)31(40)41/h4,7-9,12,18-19,24-25H,5-6,10-11,13-17,20-21H2,1-3H3,(H,40,41)/t24-/m1/s1. The number of carbonyl (C=O) groups is 3.